The van der Waals surface area contributed by atoms with E-state index in [4.69, 9.17) is 0 Å². The largest absolute Gasteiger partial charge is 0.508 e. The number of nitrogens with zero attached hydrogens (tertiary/aromatic N) is 2. The number of aryl methyl sites for hydroxylation is 1. The molecular weight excluding hydrogens is 526 g/mol. The van der Waals surface area contributed by atoms with Crippen LogP contribution in [-0.2, 0) is 16.1 Å². The molecule has 0 aromatic heterocycles. The van der Waals surface area contributed by atoms with E-state index in [9.17, 15) is 29.4 Å². The first-order valence-electron chi connectivity index (χ1n) is 14.0. The summed E-state index contributed by atoms with van der Waals surface area (Å²) in [6, 6.07) is 7.34. The molecule has 1 saturated heterocycles. The molecule has 5 N–H and O–H groups in total. The molecule has 1 unspecified atom stereocenters. The Kier molecular flexibility index (Phi) is 8.46. The average molecular weight is 566 g/mol. The van der Waals surface area contributed by atoms with Crippen LogP contribution in [0.2, 0.25) is 0 Å². The molecule has 41 heavy (non-hydrogen) atoms. The highest BCUT2D eigenvalue weighted by Crippen LogP contribution is 2.40. The van der Waals surface area contributed by atoms with Crippen molar-refractivity contribution in [2.75, 3.05) is 10.6 Å². The SMILES string of the molecule is CCC(C)NC(=O)[C@H](CC1CC1)N1C(=O)N(Cc2cc(O)c(NC(=O)Nc3ccccc3C)cc2O)C(C)(C)C1=O. The molecule has 1 heterocycles. The molecule has 11 heteroatoms. The maximum absolute atomic E-state index is 13.7. The van der Waals surface area contributed by atoms with Gasteiger partial charge in [0.1, 0.15) is 23.1 Å². The predicted molar refractivity (Wildman–Crippen MR) is 154 cm³/mol. The van der Waals surface area contributed by atoms with Crippen LogP contribution in [0.3, 0.4) is 0 Å². The van der Waals surface area contributed by atoms with Crippen LogP contribution >= 0.6 is 0 Å². The Labute approximate surface area is 239 Å². The van der Waals surface area contributed by atoms with E-state index in [-0.39, 0.29) is 47.2 Å². The Balaban J connectivity index is 1.53. The molecule has 2 fully saturated rings. The number of carbonyl (C=O) groups excluding carboxylic acids is 4. The van der Waals surface area contributed by atoms with Crippen LogP contribution < -0.4 is 16.0 Å². The van der Waals surface area contributed by atoms with E-state index in [1.54, 1.807) is 26.0 Å². The summed E-state index contributed by atoms with van der Waals surface area (Å²) in [6.07, 6.45) is 3.02. The molecule has 11 nitrogen and oxygen atoms in total. The van der Waals surface area contributed by atoms with Crippen LogP contribution in [0.15, 0.2) is 36.4 Å². The number of para-hydroxylation sites is 1. The van der Waals surface area contributed by atoms with Crippen molar-refractivity contribution >= 4 is 35.3 Å². The van der Waals surface area contributed by atoms with Crippen LogP contribution in [0.4, 0.5) is 21.0 Å². The fourth-order valence-corrected chi connectivity index (χ4v) is 4.85. The van der Waals surface area contributed by atoms with Crippen LogP contribution in [0.5, 0.6) is 11.5 Å². The topological polar surface area (TPSA) is 151 Å². The van der Waals surface area contributed by atoms with Gasteiger partial charge in [-0.1, -0.05) is 38.0 Å². The lowest BCUT2D eigenvalue weighted by molar-refractivity contribution is -0.139. The average Bonchev–Trinajstić information content (AvgIpc) is 3.71. The number of amides is 6. The number of rotatable bonds is 10. The lowest BCUT2D eigenvalue weighted by Crippen LogP contribution is -2.52. The van der Waals surface area contributed by atoms with Gasteiger partial charge in [-0.25, -0.2) is 14.5 Å². The first kappa shape index (κ1) is 29.7. The molecule has 0 radical (unpaired) electrons. The van der Waals surface area contributed by atoms with Gasteiger partial charge in [0.25, 0.3) is 5.91 Å². The molecule has 2 aromatic carbocycles. The highest BCUT2D eigenvalue weighted by molar-refractivity contribution is 6.09. The van der Waals surface area contributed by atoms with Crippen LogP contribution in [-0.4, -0.2) is 61.5 Å². The number of phenols is 2. The summed E-state index contributed by atoms with van der Waals surface area (Å²) in [7, 11) is 0. The molecule has 0 bridgehead atoms. The minimum absolute atomic E-state index is 0.0340. The minimum atomic E-state index is -1.30. The molecule has 1 aliphatic heterocycles. The lowest BCUT2D eigenvalue weighted by atomic mass is 10.0. The number of carbonyl (C=O) groups is 4. The van der Waals surface area contributed by atoms with Gasteiger partial charge in [-0.15, -0.1) is 0 Å². The molecule has 2 aliphatic rings. The van der Waals surface area contributed by atoms with Crippen molar-refractivity contribution in [2.24, 2.45) is 5.92 Å². The summed E-state index contributed by atoms with van der Waals surface area (Å²) in [6.45, 7) is 8.64. The third kappa shape index (κ3) is 6.39. The maximum atomic E-state index is 13.7. The van der Waals surface area contributed by atoms with Crippen LogP contribution in [0.25, 0.3) is 0 Å². The van der Waals surface area contributed by atoms with E-state index in [1.165, 1.54) is 17.0 Å². The maximum Gasteiger partial charge on any atom is 0.328 e. The summed E-state index contributed by atoms with van der Waals surface area (Å²) < 4.78 is 0. The van der Waals surface area contributed by atoms with Crippen molar-refractivity contribution in [3.63, 3.8) is 0 Å². The summed E-state index contributed by atoms with van der Waals surface area (Å²) in [4.78, 5) is 55.3. The predicted octanol–water partition coefficient (Wildman–Crippen LogP) is 4.68. The molecule has 0 spiro atoms. The van der Waals surface area contributed by atoms with E-state index in [1.807, 2.05) is 32.9 Å². The normalized spacial score (nSPS) is 17.8. The monoisotopic (exact) mass is 565 g/mol. The quantitative estimate of drug-likeness (QED) is 0.160. The van der Waals surface area contributed by atoms with Crippen molar-refractivity contribution in [1.29, 1.82) is 0 Å². The third-order valence-corrected chi connectivity index (χ3v) is 7.89. The van der Waals surface area contributed by atoms with E-state index in [0.29, 0.717) is 18.5 Å². The molecule has 6 amide bonds. The zero-order valence-electron chi connectivity index (χ0n) is 24.2. The van der Waals surface area contributed by atoms with Gasteiger partial charge in [-0.05, 0) is 64.2 Å². The molecule has 220 valence electrons. The van der Waals surface area contributed by atoms with Gasteiger partial charge in [-0.3, -0.25) is 9.59 Å². The Morgan fingerprint density at radius 1 is 1.05 bits per heavy atom. The van der Waals surface area contributed by atoms with Crippen LogP contribution in [0.1, 0.15) is 64.5 Å². The third-order valence-electron chi connectivity index (χ3n) is 7.89. The summed E-state index contributed by atoms with van der Waals surface area (Å²) in [5.74, 6) is -1.19. The van der Waals surface area contributed by atoms with Crippen LogP contribution in [0, 0.1) is 12.8 Å². The van der Waals surface area contributed by atoms with Gasteiger partial charge >= 0.3 is 12.1 Å². The van der Waals surface area contributed by atoms with Gasteiger partial charge in [0.2, 0.25) is 5.91 Å². The Hall–Kier alpha value is -4.28. The van der Waals surface area contributed by atoms with Gasteiger partial charge in [-0.2, -0.15) is 0 Å². The van der Waals surface area contributed by atoms with E-state index >= 15 is 0 Å². The first-order chi connectivity index (χ1) is 19.3. The fraction of sp³-hybridized carbons (Fsp3) is 0.467. The number of urea groups is 2. The fourth-order valence-electron chi connectivity index (χ4n) is 4.85. The smallest absolute Gasteiger partial charge is 0.328 e. The second-order valence-electron chi connectivity index (χ2n) is 11.5. The van der Waals surface area contributed by atoms with Crippen molar-refractivity contribution in [2.45, 2.75) is 84.5 Å². The summed E-state index contributed by atoms with van der Waals surface area (Å²) in [5, 5.41) is 29.5. The second-order valence-corrected chi connectivity index (χ2v) is 11.5. The Morgan fingerprint density at radius 2 is 1.71 bits per heavy atom. The standard InChI is InChI=1S/C30H39N5O6/c1-6-18(3)31-26(38)23(13-19-11-12-19)35-27(39)30(4,5)34(29(35)41)16-20-14-25(37)22(15-24(20)36)33-28(40)32-21-10-8-7-9-17(21)2/h7-10,14-15,18-19,23,36-37H,6,11-13,16H2,1-5H3,(H,31,38)(H2,32,33,40)/t18?,23-/m0/s1. The van der Waals surface area contributed by atoms with Crippen molar-refractivity contribution in [3.05, 3.63) is 47.5 Å². The Bertz CT molecular complexity index is 1350. The van der Waals surface area contributed by atoms with E-state index in [2.05, 4.69) is 16.0 Å². The Morgan fingerprint density at radius 3 is 2.34 bits per heavy atom. The number of hydrogen-bond acceptors (Lipinski definition) is 6. The van der Waals surface area contributed by atoms with Gasteiger partial charge in [0, 0.05) is 23.4 Å². The number of imide groups is 1. The molecule has 1 aliphatic carbocycles. The first-order valence-corrected chi connectivity index (χ1v) is 14.0. The van der Waals surface area contributed by atoms with Gasteiger partial charge < -0.3 is 31.1 Å². The minimum Gasteiger partial charge on any atom is -0.508 e. The zero-order valence-corrected chi connectivity index (χ0v) is 24.2. The number of benzene rings is 2. The highest BCUT2D eigenvalue weighted by atomic mass is 16.3. The van der Waals surface area contributed by atoms with E-state index in [0.717, 1.165) is 23.3 Å². The molecule has 2 aromatic rings. The number of phenolic OH excluding ortho intramolecular Hbond substituents is 2. The second kappa shape index (κ2) is 11.7. The van der Waals surface area contributed by atoms with E-state index < -0.39 is 29.6 Å². The number of nitrogens with one attached hydrogen (secondary N) is 3. The van der Waals surface area contributed by atoms with Gasteiger partial charge in [0.15, 0.2) is 0 Å². The zero-order chi connectivity index (χ0) is 30.1. The molecular formula is C30H39N5O6. The number of hydrogen-bond donors (Lipinski definition) is 5. The molecule has 1 saturated carbocycles. The van der Waals surface area contributed by atoms with Gasteiger partial charge in [0.05, 0.1) is 12.2 Å². The van der Waals surface area contributed by atoms with Crippen molar-refractivity contribution in [3.8, 4) is 11.5 Å². The number of anilines is 2. The van der Waals surface area contributed by atoms with Crippen molar-refractivity contribution in [1.82, 2.24) is 15.1 Å². The molecule has 2 atom stereocenters. The number of aromatic hydroxyl groups is 2. The highest BCUT2D eigenvalue weighted by Gasteiger charge is 2.55. The summed E-state index contributed by atoms with van der Waals surface area (Å²) >= 11 is 0. The lowest BCUT2D eigenvalue weighted by Gasteiger charge is -2.28. The summed E-state index contributed by atoms with van der Waals surface area (Å²) in [5.41, 5.74) is 0.275. The van der Waals surface area contributed by atoms with Crippen molar-refractivity contribution < 1.29 is 29.4 Å². The molecule has 4 rings (SSSR count).